The number of benzene rings is 3. The van der Waals surface area contributed by atoms with E-state index in [-0.39, 0.29) is 5.91 Å². The Morgan fingerprint density at radius 1 is 0.743 bits per heavy atom. The Hall–Kier alpha value is -3.42. The Morgan fingerprint density at radius 2 is 1.40 bits per heavy atom. The summed E-state index contributed by atoms with van der Waals surface area (Å²) in [6, 6.07) is 25.7. The summed E-state index contributed by atoms with van der Waals surface area (Å²) >= 11 is 0. The van der Waals surface area contributed by atoms with Gasteiger partial charge in [-0.2, -0.15) is 4.31 Å². The number of nitrogens with zero attached hydrogens (tertiary/aromatic N) is 3. The Labute approximate surface area is 207 Å². The number of carbonyl (C=O) groups excluding carboxylic acids is 1. The first-order valence-electron chi connectivity index (χ1n) is 11.9. The van der Waals surface area contributed by atoms with Gasteiger partial charge in [-0.1, -0.05) is 54.6 Å². The molecule has 2 heterocycles. The summed E-state index contributed by atoms with van der Waals surface area (Å²) < 4.78 is 26.8. The molecule has 0 N–H and O–H groups in total. The first-order chi connectivity index (χ1) is 17.0. The second-order valence-electron chi connectivity index (χ2n) is 8.94. The number of hydrogen-bond acceptors (Lipinski definition) is 4. The summed E-state index contributed by atoms with van der Waals surface area (Å²) in [6.45, 7) is 3.17. The number of fused-ring (bicyclic) bond motifs is 1. The van der Waals surface area contributed by atoms with Gasteiger partial charge in [-0.15, -0.1) is 0 Å². The lowest BCUT2D eigenvalue weighted by Crippen LogP contribution is -2.50. The van der Waals surface area contributed by atoms with E-state index in [2.05, 4.69) is 29.2 Å². The number of amides is 1. The third-order valence-corrected chi connectivity index (χ3v) is 8.29. The predicted octanol–water partition coefficient (Wildman–Crippen LogP) is 4.01. The van der Waals surface area contributed by atoms with Gasteiger partial charge in [-0.25, -0.2) is 8.42 Å². The van der Waals surface area contributed by atoms with Crippen LogP contribution in [0.15, 0.2) is 84.3 Å². The predicted molar refractivity (Wildman–Crippen MR) is 140 cm³/mol. The molecule has 0 atom stereocenters. The van der Waals surface area contributed by atoms with Crippen LogP contribution >= 0.6 is 0 Å². The van der Waals surface area contributed by atoms with Crippen LogP contribution in [-0.2, 0) is 23.0 Å². The van der Waals surface area contributed by atoms with E-state index in [9.17, 15) is 13.2 Å². The summed E-state index contributed by atoms with van der Waals surface area (Å²) in [6.07, 6.45) is 2.62. The number of anilines is 1. The van der Waals surface area contributed by atoms with Crippen LogP contribution in [-0.4, -0.2) is 56.3 Å². The van der Waals surface area contributed by atoms with Crippen molar-refractivity contribution >= 4 is 27.7 Å². The zero-order chi connectivity index (χ0) is 24.3. The molecule has 0 saturated carbocycles. The van der Waals surface area contributed by atoms with Crippen LogP contribution in [0.4, 0.5) is 5.69 Å². The van der Waals surface area contributed by atoms with Crippen molar-refractivity contribution in [3.63, 3.8) is 0 Å². The SMILES string of the molecule is O=C(c1ccc(N2CCc3ccccc3C2)cc1)N1CCN(S(=O)(=O)/C=C/c2ccccc2)CC1. The number of carbonyl (C=O) groups is 1. The van der Waals surface area contributed by atoms with Crippen LogP contribution < -0.4 is 4.90 Å². The maximum atomic E-state index is 13.0. The lowest BCUT2D eigenvalue weighted by Gasteiger charge is -2.33. The molecule has 0 aliphatic carbocycles. The minimum atomic E-state index is -3.53. The minimum absolute atomic E-state index is 0.0579. The Morgan fingerprint density at radius 3 is 2.11 bits per heavy atom. The average molecular weight is 488 g/mol. The molecule has 0 radical (unpaired) electrons. The molecule has 180 valence electrons. The summed E-state index contributed by atoms with van der Waals surface area (Å²) in [5.74, 6) is -0.0579. The van der Waals surface area contributed by atoms with E-state index in [0.29, 0.717) is 31.7 Å². The maximum absolute atomic E-state index is 13.0. The quantitative estimate of drug-likeness (QED) is 0.546. The first-order valence-corrected chi connectivity index (χ1v) is 13.4. The molecule has 0 spiro atoms. The minimum Gasteiger partial charge on any atom is -0.367 e. The van der Waals surface area contributed by atoms with E-state index in [0.717, 1.165) is 30.8 Å². The average Bonchev–Trinajstić information content (AvgIpc) is 2.92. The Bertz CT molecular complexity index is 1310. The molecule has 3 aromatic rings. The fourth-order valence-electron chi connectivity index (χ4n) is 4.67. The van der Waals surface area contributed by atoms with E-state index >= 15 is 0 Å². The van der Waals surface area contributed by atoms with Crippen LogP contribution in [0.3, 0.4) is 0 Å². The maximum Gasteiger partial charge on any atom is 0.253 e. The molecule has 0 aromatic heterocycles. The smallest absolute Gasteiger partial charge is 0.253 e. The van der Waals surface area contributed by atoms with Crippen LogP contribution in [0.5, 0.6) is 0 Å². The molecule has 0 bridgehead atoms. The molecule has 0 unspecified atom stereocenters. The third-order valence-electron chi connectivity index (χ3n) is 6.73. The van der Waals surface area contributed by atoms with Gasteiger partial charge in [0, 0.05) is 55.9 Å². The number of sulfonamides is 1. The number of hydrogen-bond donors (Lipinski definition) is 0. The third kappa shape index (κ3) is 5.31. The second-order valence-corrected chi connectivity index (χ2v) is 10.8. The molecule has 1 fully saturated rings. The number of rotatable bonds is 5. The number of piperazine rings is 1. The second kappa shape index (κ2) is 10.1. The molecule has 6 nitrogen and oxygen atoms in total. The van der Waals surface area contributed by atoms with Gasteiger partial charge in [-0.05, 0) is 53.5 Å². The van der Waals surface area contributed by atoms with Crippen molar-refractivity contribution in [2.24, 2.45) is 0 Å². The summed E-state index contributed by atoms with van der Waals surface area (Å²) in [7, 11) is -3.53. The Balaban J connectivity index is 1.18. The van der Waals surface area contributed by atoms with Crippen molar-refractivity contribution in [2.45, 2.75) is 13.0 Å². The van der Waals surface area contributed by atoms with Crippen molar-refractivity contribution < 1.29 is 13.2 Å². The van der Waals surface area contributed by atoms with E-state index in [1.165, 1.54) is 20.8 Å². The van der Waals surface area contributed by atoms with Gasteiger partial charge in [-0.3, -0.25) is 4.79 Å². The van der Waals surface area contributed by atoms with Gasteiger partial charge >= 0.3 is 0 Å². The van der Waals surface area contributed by atoms with Gasteiger partial charge in [0.15, 0.2) is 0 Å². The molecule has 7 heteroatoms. The van der Waals surface area contributed by atoms with Crippen molar-refractivity contribution in [3.05, 3.63) is 107 Å². The highest BCUT2D eigenvalue weighted by atomic mass is 32.2. The molecule has 3 aromatic carbocycles. The monoisotopic (exact) mass is 487 g/mol. The molecule has 1 saturated heterocycles. The molecule has 35 heavy (non-hydrogen) atoms. The van der Waals surface area contributed by atoms with Crippen LogP contribution in [0.25, 0.3) is 6.08 Å². The van der Waals surface area contributed by atoms with Crippen molar-refractivity contribution in [1.29, 1.82) is 0 Å². The lowest BCUT2D eigenvalue weighted by molar-refractivity contribution is 0.0698. The van der Waals surface area contributed by atoms with Gasteiger partial charge in [0.1, 0.15) is 0 Å². The van der Waals surface area contributed by atoms with Gasteiger partial charge in [0.25, 0.3) is 5.91 Å². The highest BCUT2D eigenvalue weighted by Gasteiger charge is 2.28. The van der Waals surface area contributed by atoms with Crippen LogP contribution in [0.1, 0.15) is 27.0 Å². The van der Waals surface area contributed by atoms with E-state index in [4.69, 9.17) is 0 Å². The van der Waals surface area contributed by atoms with Crippen LogP contribution in [0, 0.1) is 0 Å². The molecule has 2 aliphatic rings. The van der Waals surface area contributed by atoms with Crippen molar-refractivity contribution in [2.75, 3.05) is 37.6 Å². The van der Waals surface area contributed by atoms with Gasteiger partial charge in [0.05, 0.1) is 0 Å². The summed E-state index contributed by atoms with van der Waals surface area (Å²) in [4.78, 5) is 17.1. The fraction of sp³-hybridized carbons (Fsp3) is 0.250. The van der Waals surface area contributed by atoms with E-state index < -0.39 is 10.0 Å². The summed E-state index contributed by atoms with van der Waals surface area (Å²) in [5, 5.41) is 1.25. The van der Waals surface area contributed by atoms with E-state index in [1.54, 1.807) is 11.0 Å². The standard InChI is InChI=1S/C28H29N3O3S/c32-28(25-10-12-27(13-11-25)30-16-14-24-8-4-5-9-26(24)22-30)29-17-19-31(20-18-29)35(33,34)21-15-23-6-2-1-3-7-23/h1-13,15,21H,14,16-20,22H2/b21-15+. The molecule has 2 aliphatic heterocycles. The van der Waals surface area contributed by atoms with Crippen molar-refractivity contribution in [3.8, 4) is 0 Å². The molecule has 5 rings (SSSR count). The Kier molecular flexibility index (Phi) is 6.70. The molecular weight excluding hydrogens is 458 g/mol. The van der Waals surface area contributed by atoms with Gasteiger partial charge < -0.3 is 9.80 Å². The van der Waals surface area contributed by atoms with E-state index in [1.807, 2.05) is 54.6 Å². The lowest BCUT2D eigenvalue weighted by atomic mass is 9.99. The topological polar surface area (TPSA) is 60.9 Å². The highest BCUT2D eigenvalue weighted by molar-refractivity contribution is 7.92. The van der Waals surface area contributed by atoms with Crippen molar-refractivity contribution in [1.82, 2.24) is 9.21 Å². The fourth-order valence-corrected chi connectivity index (χ4v) is 5.85. The molecular formula is C28H29N3O3S. The molecule has 1 amide bonds. The first kappa shape index (κ1) is 23.3. The van der Waals surface area contributed by atoms with Crippen LogP contribution in [0.2, 0.25) is 0 Å². The zero-order valence-corrected chi connectivity index (χ0v) is 20.4. The largest absolute Gasteiger partial charge is 0.367 e. The summed E-state index contributed by atoms with van der Waals surface area (Å²) in [5.41, 5.74) is 5.34. The highest BCUT2D eigenvalue weighted by Crippen LogP contribution is 2.25. The van der Waals surface area contributed by atoms with Gasteiger partial charge in [0.2, 0.25) is 10.0 Å². The normalized spacial score (nSPS) is 16.9. The zero-order valence-electron chi connectivity index (χ0n) is 19.6.